The topological polar surface area (TPSA) is 91.2 Å². The number of pyridine rings is 1. The van der Waals surface area contributed by atoms with Gasteiger partial charge < -0.3 is 24.5 Å². The van der Waals surface area contributed by atoms with E-state index in [9.17, 15) is 4.79 Å². The molecule has 0 spiro atoms. The van der Waals surface area contributed by atoms with Crippen molar-refractivity contribution in [3.63, 3.8) is 0 Å². The Morgan fingerprint density at radius 2 is 1.86 bits per heavy atom. The highest BCUT2D eigenvalue weighted by atomic mass is 16.5. The fraction of sp³-hybridized carbons (Fsp3) is 0.400. The molecule has 5 heterocycles. The molecule has 3 atom stereocenters. The third kappa shape index (κ3) is 4.42. The molecular formula is C35H38N6O2. The first kappa shape index (κ1) is 26.5. The maximum absolute atomic E-state index is 13.9. The Balaban J connectivity index is 1.32. The van der Waals surface area contributed by atoms with Gasteiger partial charge in [0.15, 0.2) is 5.82 Å². The van der Waals surface area contributed by atoms with Crippen LogP contribution in [0.4, 0.5) is 0 Å². The molecule has 3 aliphatic rings. The number of ether oxygens (including phenoxy) is 1. The Labute approximate surface area is 251 Å². The summed E-state index contributed by atoms with van der Waals surface area (Å²) in [6.45, 7) is 2.25. The maximum Gasteiger partial charge on any atom is 0.254 e. The number of aryl methyl sites for hydroxylation is 2. The van der Waals surface area contributed by atoms with Gasteiger partial charge in [-0.05, 0) is 79.5 Å². The fourth-order valence-electron chi connectivity index (χ4n) is 7.82. The van der Waals surface area contributed by atoms with E-state index in [4.69, 9.17) is 20.4 Å². The van der Waals surface area contributed by atoms with Crippen LogP contribution in [0.5, 0.6) is 5.75 Å². The van der Waals surface area contributed by atoms with E-state index in [1.54, 1.807) is 7.11 Å². The van der Waals surface area contributed by atoms with Crippen molar-refractivity contribution >= 4 is 28.0 Å². The quantitative estimate of drug-likeness (QED) is 0.288. The Bertz CT molecular complexity index is 1850. The lowest BCUT2D eigenvalue weighted by molar-refractivity contribution is 0.0700. The van der Waals surface area contributed by atoms with Crippen LogP contribution in [0.2, 0.25) is 0 Å². The van der Waals surface area contributed by atoms with Crippen LogP contribution in [0.3, 0.4) is 0 Å². The Hall–Kier alpha value is -4.17. The van der Waals surface area contributed by atoms with E-state index in [1.165, 1.54) is 30.4 Å². The van der Waals surface area contributed by atoms with Gasteiger partial charge in [0.2, 0.25) is 0 Å². The number of carbonyl (C=O) groups is 1. The molecule has 2 aromatic carbocycles. The molecule has 1 aliphatic carbocycles. The SMILES string of the molecule is COc1cc(C(=O)N2C[C@H]3CC[C@@H]2[C@@H]3N)cc2nc3n(c12)Cc1cccc(c1)CCCCCCn1c-3cc2cccnc21. The van der Waals surface area contributed by atoms with Crippen molar-refractivity contribution in [2.24, 2.45) is 11.7 Å². The number of benzene rings is 2. The number of rotatable bonds is 2. The highest BCUT2D eigenvalue weighted by Gasteiger charge is 2.47. The van der Waals surface area contributed by atoms with E-state index >= 15 is 0 Å². The normalized spacial score (nSPS) is 22.0. The number of methoxy groups -OCH3 is 1. The number of aromatic nitrogens is 4. The number of imidazole rings is 1. The van der Waals surface area contributed by atoms with Crippen LogP contribution in [0.1, 0.15) is 60.0 Å². The molecule has 8 nitrogen and oxygen atoms in total. The highest BCUT2D eigenvalue weighted by Crippen LogP contribution is 2.39. The molecule has 43 heavy (non-hydrogen) atoms. The van der Waals surface area contributed by atoms with Gasteiger partial charge in [0, 0.05) is 48.9 Å². The second-order valence-corrected chi connectivity index (χ2v) is 12.6. The number of fused-ring (bicyclic) bond motifs is 11. The summed E-state index contributed by atoms with van der Waals surface area (Å²) in [5, 5.41) is 1.10. The zero-order chi connectivity index (χ0) is 29.1. The summed E-state index contributed by atoms with van der Waals surface area (Å²) in [6.07, 6.45) is 9.69. The fourth-order valence-corrected chi connectivity index (χ4v) is 7.82. The summed E-state index contributed by atoms with van der Waals surface area (Å²) in [4.78, 5) is 25.9. The minimum atomic E-state index is 0.0170. The minimum Gasteiger partial charge on any atom is -0.494 e. The van der Waals surface area contributed by atoms with Gasteiger partial charge in [0.1, 0.15) is 16.9 Å². The first-order valence-corrected chi connectivity index (χ1v) is 15.8. The van der Waals surface area contributed by atoms with Gasteiger partial charge in [-0.3, -0.25) is 4.79 Å². The van der Waals surface area contributed by atoms with Crippen molar-refractivity contribution in [2.75, 3.05) is 13.7 Å². The third-order valence-corrected chi connectivity index (χ3v) is 10.0. The predicted molar refractivity (Wildman–Crippen MR) is 168 cm³/mol. The summed E-state index contributed by atoms with van der Waals surface area (Å²) in [6, 6.07) is 19.3. The first-order valence-electron chi connectivity index (χ1n) is 15.8. The van der Waals surface area contributed by atoms with Gasteiger partial charge in [-0.15, -0.1) is 0 Å². The van der Waals surface area contributed by atoms with E-state index in [2.05, 4.69) is 45.5 Å². The molecule has 0 radical (unpaired) electrons. The number of hydrogen-bond acceptors (Lipinski definition) is 5. The summed E-state index contributed by atoms with van der Waals surface area (Å²) in [5.41, 5.74) is 13.3. The molecule has 3 aromatic heterocycles. The smallest absolute Gasteiger partial charge is 0.254 e. The van der Waals surface area contributed by atoms with Crippen LogP contribution >= 0.6 is 0 Å². The number of carbonyl (C=O) groups excluding carboxylic acids is 1. The summed E-state index contributed by atoms with van der Waals surface area (Å²) in [5.74, 6) is 1.93. The zero-order valence-corrected chi connectivity index (χ0v) is 24.7. The van der Waals surface area contributed by atoms with Crippen molar-refractivity contribution in [1.82, 2.24) is 24.0 Å². The maximum atomic E-state index is 13.9. The Kier molecular flexibility index (Phi) is 6.47. The van der Waals surface area contributed by atoms with Crippen LogP contribution in [0.25, 0.3) is 33.6 Å². The van der Waals surface area contributed by atoms with Crippen molar-refractivity contribution < 1.29 is 9.53 Å². The van der Waals surface area contributed by atoms with Gasteiger partial charge in [-0.2, -0.15) is 0 Å². The largest absolute Gasteiger partial charge is 0.494 e. The van der Waals surface area contributed by atoms with E-state index in [0.29, 0.717) is 23.8 Å². The first-order chi connectivity index (χ1) is 21.1. The van der Waals surface area contributed by atoms with E-state index in [1.807, 2.05) is 29.3 Å². The van der Waals surface area contributed by atoms with Crippen LogP contribution < -0.4 is 10.5 Å². The molecule has 2 N–H and O–H groups in total. The number of nitrogens with two attached hydrogens (primary N) is 1. The van der Waals surface area contributed by atoms with Gasteiger partial charge in [0.25, 0.3) is 5.91 Å². The average molecular weight is 575 g/mol. The number of hydrogen-bond donors (Lipinski definition) is 1. The Morgan fingerprint density at radius 1 is 0.977 bits per heavy atom. The monoisotopic (exact) mass is 574 g/mol. The average Bonchev–Trinajstić information content (AvgIpc) is 3.77. The van der Waals surface area contributed by atoms with E-state index in [0.717, 1.165) is 72.4 Å². The lowest BCUT2D eigenvalue weighted by atomic mass is 10.0. The molecule has 2 aliphatic heterocycles. The lowest BCUT2D eigenvalue weighted by Gasteiger charge is -2.27. The van der Waals surface area contributed by atoms with Crippen LogP contribution in [0, 0.1) is 5.92 Å². The molecule has 220 valence electrons. The summed E-state index contributed by atoms with van der Waals surface area (Å²) >= 11 is 0. The summed E-state index contributed by atoms with van der Waals surface area (Å²) < 4.78 is 10.6. The second kappa shape index (κ2) is 10.5. The molecule has 5 aromatic rings. The van der Waals surface area contributed by atoms with Crippen molar-refractivity contribution in [2.45, 2.75) is 70.1 Å². The Morgan fingerprint density at radius 3 is 2.70 bits per heavy atom. The van der Waals surface area contributed by atoms with Crippen LogP contribution in [-0.4, -0.2) is 55.6 Å². The standard InChI is InChI=1S/C35H38N6O2/c1-43-30-19-26(35(42)40-21-25-12-13-28(40)31(25)36)17-27-32(30)41-20-23-10-6-9-22(16-23)8-4-2-3-5-15-39-29(34(41)38-27)18-24-11-7-14-37-33(24)39/h6-7,9-11,14,16-19,25,28,31H,2-5,8,12-13,15,20-21,36H2,1H3/t25-,28-,31-/m1/s1. The zero-order valence-electron chi connectivity index (χ0n) is 24.7. The number of piperidine rings is 1. The van der Waals surface area contributed by atoms with Gasteiger partial charge in [0.05, 0.1) is 18.3 Å². The molecule has 0 unspecified atom stereocenters. The number of nitrogens with zero attached hydrogens (tertiary/aromatic N) is 5. The molecule has 4 bridgehead atoms. The van der Waals surface area contributed by atoms with E-state index < -0.39 is 0 Å². The molecular weight excluding hydrogens is 536 g/mol. The van der Waals surface area contributed by atoms with Gasteiger partial charge in [-0.1, -0.05) is 37.1 Å². The molecule has 1 saturated carbocycles. The van der Waals surface area contributed by atoms with Crippen molar-refractivity contribution in [3.8, 4) is 17.3 Å². The predicted octanol–water partition coefficient (Wildman–Crippen LogP) is 5.79. The van der Waals surface area contributed by atoms with Crippen molar-refractivity contribution in [1.29, 1.82) is 0 Å². The summed E-state index contributed by atoms with van der Waals surface area (Å²) in [7, 11) is 1.68. The van der Waals surface area contributed by atoms with Gasteiger partial charge in [-0.25, -0.2) is 9.97 Å². The minimum absolute atomic E-state index is 0.0170. The molecule has 1 saturated heterocycles. The third-order valence-electron chi connectivity index (χ3n) is 10.0. The molecule has 1 amide bonds. The van der Waals surface area contributed by atoms with Crippen LogP contribution in [0.15, 0.2) is 60.8 Å². The van der Waals surface area contributed by atoms with Gasteiger partial charge >= 0.3 is 0 Å². The highest BCUT2D eigenvalue weighted by molar-refractivity contribution is 6.00. The van der Waals surface area contributed by atoms with Crippen molar-refractivity contribution in [3.05, 3.63) is 77.5 Å². The van der Waals surface area contributed by atoms with E-state index in [-0.39, 0.29) is 18.0 Å². The molecule has 8 heteroatoms. The number of likely N-dealkylation sites (tertiary alicyclic amines) is 1. The lowest BCUT2D eigenvalue weighted by Crippen LogP contribution is -2.41. The second-order valence-electron chi connectivity index (χ2n) is 12.6. The number of amides is 1. The molecule has 8 rings (SSSR count). The molecule has 2 fully saturated rings. The van der Waals surface area contributed by atoms with Crippen LogP contribution in [-0.2, 0) is 19.5 Å².